The number of piperidine rings is 1. The summed E-state index contributed by atoms with van der Waals surface area (Å²) in [5, 5.41) is 0. The van der Waals surface area contributed by atoms with Crippen LogP contribution in [0.15, 0.2) is 30.3 Å². The highest BCUT2D eigenvalue weighted by Crippen LogP contribution is 2.23. The van der Waals surface area contributed by atoms with Gasteiger partial charge < -0.3 is 15.5 Å². The Kier molecular flexibility index (Phi) is 6.72. The second kappa shape index (κ2) is 9.22. The van der Waals surface area contributed by atoms with Crippen LogP contribution in [-0.2, 0) is 11.2 Å². The average Bonchev–Trinajstić information content (AvgIpc) is 2.95. The summed E-state index contributed by atoms with van der Waals surface area (Å²) in [6, 6.07) is 10.2. The lowest BCUT2D eigenvalue weighted by Crippen LogP contribution is -2.50. The second-order valence-corrected chi connectivity index (χ2v) is 7.85. The van der Waals surface area contributed by atoms with Crippen LogP contribution in [-0.4, -0.2) is 71.9 Å². The number of hydrogen-bond acceptors (Lipinski definition) is 3. The van der Waals surface area contributed by atoms with Gasteiger partial charge in [-0.05, 0) is 57.2 Å². The fourth-order valence-corrected chi connectivity index (χ4v) is 4.27. The summed E-state index contributed by atoms with van der Waals surface area (Å²) in [5.41, 5.74) is 6.78. The zero-order chi connectivity index (χ0) is 19.2. The lowest BCUT2D eigenvalue weighted by molar-refractivity contribution is -0.136. The first kappa shape index (κ1) is 19.7. The molecule has 2 aliphatic heterocycles. The largest absolute Gasteiger partial charge is 0.351 e. The van der Waals surface area contributed by atoms with Crippen LogP contribution in [0.5, 0.6) is 0 Å². The lowest BCUT2D eigenvalue weighted by atomic mass is 9.89. The van der Waals surface area contributed by atoms with Gasteiger partial charge in [-0.3, -0.25) is 9.69 Å². The molecule has 0 radical (unpaired) electrons. The Labute approximate surface area is 162 Å². The smallest absolute Gasteiger partial charge is 0.314 e. The summed E-state index contributed by atoms with van der Waals surface area (Å²) in [5.74, 6) is 0.885. The van der Waals surface area contributed by atoms with Gasteiger partial charge >= 0.3 is 6.03 Å². The number of nitrogens with zero attached hydrogens (tertiary/aromatic N) is 3. The normalized spacial score (nSPS) is 20.9. The van der Waals surface area contributed by atoms with Gasteiger partial charge in [0.15, 0.2) is 0 Å². The molecule has 0 aromatic heterocycles. The van der Waals surface area contributed by atoms with Crippen LogP contribution in [0.25, 0.3) is 0 Å². The highest BCUT2D eigenvalue weighted by atomic mass is 16.2. The molecule has 1 atom stereocenters. The third kappa shape index (κ3) is 5.22. The Bertz CT molecular complexity index is 628. The summed E-state index contributed by atoms with van der Waals surface area (Å²) >= 11 is 0. The molecule has 2 heterocycles. The van der Waals surface area contributed by atoms with Crippen molar-refractivity contribution in [1.82, 2.24) is 14.7 Å². The van der Waals surface area contributed by atoms with Crippen LogP contribution in [0, 0.1) is 5.92 Å². The van der Waals surface area contributed by atoms with E-state index in [-0.39, 0.29) is 11.9 Å². The average molecular weight is 373 g/mol. The van der Waals surface area contributed by atoms with E-state index >= 15 is 0 Å². The standard InChI is InChI=1S/C21H32N4O2/c1-17(20(26)24-10-5-11-25(15-14-24)21(22)27)23-12-8-19(9-13-23)16-18-6-3-2-4-7-18/h2-4,6-7,17,19H,5,8-16H2,1H3,(H2,22,27). The van der Waals surface area contributed by atoms with Gasteiger partial charge in [-0.25, -0.2) is 4.79 Å². The SMILES string of the molecule is CC(C(=O)N1CCCN(C(N)=O)CC1)N1CCC(Cc2ccccc2)CC1. The quantitative estimate of drug-likeness (QED) is 0.878. The molecule has 1 aromatic carbocycles. The van der Waals surface area contributed by atoms with E-state index < -0.39 is 6.03 Å². The molecule has 148 valence electrons. The molecule has 3 rings (SSSR count). The van der Waals surface area contributed by atoms with Crippen molar-refractivity contribution in [3.63, 3.8) is 0 Å². The number of carbonyl (C=O) groups excluding carboxylic acids is 2. The van der Waals surface area contributed by atoms with Gasteiger partial charge in [-0.15, -0.1) is 0 Å². The molecule has 2 N–H and O–H groups in total. The predicted molar refractivity (Wildman–Crippen MR) is 106 cm³/mol. The van der Waals surface area contributed by atoms with E-state index in [9.17, 15) is 9.59 Å². The minimum Gasteiger partial charge on any atom is -0.351 e. The van der Waals surface area contributed by atoms with Gasteiger partial charge in [0.2, 0.25) is 5.91 Å². The highest BCUT2D eigenvalue weighted by molar-refractivity contribution is 5.81. The van der Waals surface area contributed by atoms with Crippen LogP contribution in [0.4, 0.5) is 4.79 Å². The third-order valence-electron chi connectivity index (χ3n) is 6.04. The molecular formula is C21H32N4O2. The van der Waals surface area contributed by atoms with Crippen molar-refractivity contribution in [2.24, 2.45) is 11.7 Å². The number of primary amides is 1. The number of rotatable bonds is 4. The Balaban J connectivity index is 1.47. The highest BCUT2D eigenvalue weighted by Gasteiger charge is 2.30. The second-order valence-electron chi connectivity index (χ2n) is 7.85. The summed E-state index contributed by atoms with van der Waals surface area (Å²) in [6.45, 7) is 6.44. The molecule has 0 saturated carbocycles. The van der Waals surface area contributed by atoms with Gasteiger partial charge in [-0.1, -0.05) is 30.3 Å². The van der Waals surface area contributed by atoms with Gasteiger partial charge in [0.25, 0.3) is 0 Å². The number of carbonyl (C=O) groups is 2. The van der Waals surface area contributed by atoms with E-state index in [1.165, 1.54) is 5.56 Å². The molecule has 3 amide bonds. The molecule has 2 fully saturated rings. The molecule has 2 saturated heterocycles. The monoisotopic (exact) mass is 372 g/mol. The fraction of sp³-hybridized carbons (Fsp3) is 0.619. The van der Waals surface area contributed by atoms with E-state index in [1.54, 1.807) is 4.90 Å². The van der Waals surface area contributed by atoms with Gasteiger partial charge in [0.1, 0.15) is 0 Å². The van der Waals surface area contributed by atoms with Gasteiger partial charge in [0.05, 0.1) is 6.04 Å². The van der Waals surface area contributed by atoms with Crippen molar-refractivity contribution in [1.29, 1.82) is 0 Å². The molecule has 6 nitrogen and oxygen atoms in total. The maximum Gasteiger partial charge on any atom is 0.314 e. The van der Waals surface area contributed by atoms with Crippen molar-refractivity contribution >= 4 is 11.9 Å². The maximum atomic E-state index is 12.9. The topological polar surface area (TPSA) is 69.9 Å². The first-order valence-electron chi connectivity index (χ1n) is 10.2. The Morgan fingerprint density at radius 1 is 1.00 bits per heavy atom. The number of nitrogens with two attached hydrogens (primary N) is 1. The Morgan fingerprint density at radius 3 is 2.30 bits per heavy atom. The van der Waals surface area contributed by atoms with Crippen molar-refractivity contribution in [3.8, 4) is 0 Å². The minimum atomic E-state index is -0.391. The molecular weight excluding hydrogens is 340 g/mol. The van der Waals surface area contributed by atoms with Crippen molar-refractivity contribution in [2.75, 3.05) is 39.3 Å². The zero-order valence-corrected chi connectivity index (χ0v) is 16.3. The predicted octanol–water partition coefficient (Wildman–Crippen LogP) is 1.94. The summed E-state index contributed by atoms with van der Waals surface area (Å²) in [7, 11) is 0. The molecule has 6 heteroatoms. The molecule has 0 aliphatic carbocycles. The molecule has 1 aromatic rings. The van der Waals surface area contributed by atoms with Gasteiger partial charge in [-0.2, -0.15) is 0 Å². The van der Waals surface area contributed by atoms with Crippen LogP contribution in [0.1, 0.15) is 31.7 Å². The van der Waals surface area contributed by atoms with Crippen LogP contribution in [0.3, 0.4) is 0 Å². The number of hydrogen-bond donors (Lipinski definition) is 1. The van der Waals surface area contributed by atoms with Crippen LogP contribution in [0.2, 0.25) is 0 Å². The lowest BCUT2D eigenvalue weighted by Gasteiger charge is -2.37. The van der Waals surface area contributed by atoms with Crippen molar-refractivity contribution < 1.29 is 9.59 Å². The maximum absolute atomic E-state index is 12.9. The summed E-state index contributed by atoms with van der Waals surface area (Å²) in [6.07, 6.45) is 4.20. The summed E-state index contributed by atoms with van der Waals surface area (Å²) < 4.78 is 0. The first-order valence-corrected chi connectivity index (χ1v) is 10.2. The Hall–Kier alpha value is -2.08. The number of benzene rings is 1. The minimum absolute atomic E-state index is 0.0946. The van der Waals surface area contributed by atoms with Gasteiger partial charge in [0, 0.05) is 26.2 Å². The number of amides is 3. The van der Waals surface area contributed by atoms with Crippen LogP contribution >= 0.6 is 0 Å². The fourth-order valence-electron chi connectivity index (χ4n) is 4.27. The van der Waals surface area contributed by atoms with E-state index in [2.05, 4.69) is 35.2 Å². The van der Waals surface area contributed by atoms with E-state index in [1.807, 2.05) is 11.8 Å². The first-order chi connectivity index (χ1) is 13.0. The summed E-state index contributed by atoms with van der Waals surface area (Å²) in [4.78, 5) is 30.2. The van der Waals surface area contributed by atoms with E-state index in [0.717, 1.165) is 38.8 Å². The molecule has 1 unspecified atom stereocenters. The molecule has 0 spiro atoms. The molecule has 27 heavy (non-hydrogen) atoms. The molecule has 2 aliphatic rings. The molecule has 0 bridgehead atoms. The van der Waals surface area contributed by atoms with E-state index in [0.29, 0.717) is 32.1 Å². The van der Waals surface area contributed by atoms with Crippen molar-refractivity contribution in [2.45, 2.75) is 38.6 Å². The van der Waals surface area contributed by atoms with Crippen molar-refractivity contribution in [3.05, 3.63) is 35.9 Å². The Morgan fingerprint density at radius 2 is 1.63 bits per heavy atom. The van der Waals surface area contributed by atoms with Crippen LogP contribution < -0.4 is 5.73 Å². The third-order valence-corrected chi connectivity index (χ3v) is 6.04. The zero-order valence-electron chi connectivity index (χ0n) is 16.3. The number of likely N-dealkylation sites (tertiary alicyclic amines) is 1. The van der Waals surface area contributed by atoms with E-state index in [4.69, 9.17) is 5.73 Å². The number of urea groups is 1.